The van der Waals surface area contributed by atoms with E-state index in [2.05, 4.69) is 38.8 Å². The van der Waals surface area contributed by atoms with E-state index in [-0.39, 0.29) is 24.8 Å². The third kappa shape index (κ3) is 6.55. The lowest BCUT2D eigenvalue weighted by molar-refractivity contribution is 0.0289. The molecular formula is C33H39ClN4O4. The van der Waals surface area contributed by atoms with Crippen LogP contribution in [0.5, 0.6) is 5.75 Å². The minimum absolute atomic E-state index is 0.0759. The van der Waals surface area contributed by atoms with Crippen LogP contribution in [0.2, 0.25) is 5.02 Å². The number of ether oxygens (including phenoxy) is 3. The summed E-state index contributed by atoms with van der Waals surface area (Å²) in [4.78, 5) is 23.6. The molecule has 1 N–H and O–H groups in total. The van der Waals surface area contributed by atoms with Crippen molar-refractivity contribution in [3.05, 3.63) is 64.3 Å². The average Bonchev–Trinajstić information content (AvgIpc) is 3.39. The molecule has 1 atom stereocenters. The molecule has 3 aliphatic rings. The van der Waals surface area contributed by atoms with Gasteiger partial charge in [0, 0.05) is 67.4 Å². The van der Waals surface area contributed by atoms with Crippen molar-refractivity contribution in [1.29, 1.82) is 0 Å². The van der Waals surface area contributed by atoms with Crippen molar-refractivity contribution in [1.82, 2.24) is 19.7 Å². The first-order chi connectivity index (χ1) is 20.6. The minimum atomic E-state index is -0.370. The van der Waals surface area contributed by atoms with Crippen LogP contribution in [-0.4, -0.2) is 97.5 Å². The zero-order chi connectivity index (χ0) is 28.9. The summed E-state index contributed by atoms with van der Waals surface area (Å²) in [6.45, 7) is 10.5. The van der Waals surface area contributed by atoms with E-state index in [1.54, 1.807) is 11.8 Å². The fourth-order valence-corrected chi connectivity index (χ4v) is 6.51. The molecule has 0 aliphatic carbocycles. The zero-order valence-electron chi connectivity index (χ0n) is 24.2. The Balaban J connectivity index is 1.13. The number of nitrogens with one attached hydrogen (secondary N) is 1. The van der Waals surface area contributed by atoms with E-state index in [0.29, 0.717) is 18.0 Å². The maximum Gasteiger partial charge on any atom is 0.411 e. The molecule has 222 valence electrons. The number of halogens is 1. The minimum Gasteiger partial charge on any atom is -0.490 e. The average molecular weight is 591 g/mol. The van der Waals surface area contributed by atoms with Gasteiger partial charge in [0.25, 0.3) is 0 Å². The van der Waals surface area contributed by atoms with Gasteiger partial charge in [0.05, 0.1) is 13.2 Å². The number of morpholine rings is 1. The van der Waals surface area contributed by atoms with Gasteiger partial charge in [-0.2, -0.15) is 0 Å². The Bertz CT molecular complexity index is 1430. The molecule has 9 heteroatoms. The highest BCUT2D eigenvalue weighted by molar-refractivity contribution is 6.31. The molecule has 0 spiro atoms. The van der Waals surface area contributed by atoms with E-state index < -0.39 is 0 Å². The van der Waals surface area contributed by atoms with Crippen molar-refractivity contribution in [3.63, 3.8) is 0 Å². The number of fused-ring (bicyclic) bond motifs is 3. The van der Waals surface area contributed by atoms with Crippen LogP contribution in [0.25, 0.3) is 10.9 Å². The maximum atomic E-state index is 13.2. The Morgan fingerprint density at radius 3 is 2.50 bits per heavy atom. The van der Waals surface area contributed by atoms with E-state index in [1.807, 2.05) is 30.3 Å². The molecule has 0 radical (unpaired) electrons. The number of hydrogen-bond donors (Lipinski definition) is 1. The van der Waals surface area contributed by atoms with Gasteiger partial charge in [0.15, 0.2) is 6.61 Å². The van der Waals surface area contributed by atoms with Gasteiger partial charge in [-0.1, -0.05) is 29.7 Å². The van der Waals surface area contributed by atoms with Gasteiger partial charge < -0.3 is 24.1 Å². The summed E-state index contributed by atoms with van der Waals surface area (Å²) >= 11 is 6.34. The first kappa shape index (κ1) is 28.9. The lowest BCUT2D eigenvalue weighted by atomic mass is 9.92. The molecule has 2 aromatic carbocycles. The molecule has 3 aliphatic heterocycles. The molecule has 0 unspecified atom stereocenters. The van der Waals surface area contributed by atoms with Gasteiger partial charge in [0.1, 0.15) is 17.9 Å². The highest BCUT2D eigenvalue weighted by Gasteiger charge is 2.35. The number of amides is 1. The van der Waals surface area contributed by atoms with Crippen molar-refractivity contribution >= 4 is 28.6 Å². The standard InChI is InChI=1S/C33H39ClN4O4/c1-2-3-20-41-33(39)38-15-12-28-29-23-25(34)6-9-30(29)35-31(28)32(38)24-4-7-26(8-5-24)42-27-10-13-36(14-11-27)16-17-37-18-21-40-22-19-37/h4-9,23,27,32,35H,10-22H2,1H3/t32-/m0/s1. The topological polar surface area (TPSA) is 70.3 Å². The summed E-state index contributed by atoms with van der Waals surface area (Å²) in [5.41, 5.74) is 4.20. The molecule has 6 rings (SSSR count). The fourth-order valence-electron chi connectivity index (χ4n) is 6.34. The van der Waals surface area contributed by atoms with Crippen molar-refractivity contribution in [3.8, 4) is 17.6 Å². The van der Waals surface area contributed by atoms with Crippen LogP contribution >= 0.6 is 11.6 Å². The van der Waals surface area contributed by atoms with Gasteiger partial charge >= 0.3 is 6.09 Å². The Kier molecular flexibility index (Phi) is 9.21. The van der Waals surface area contributed by atoms with Crippen LogP contribution in [0, 0.1) is 11.8 Å². The fraction of sp³-hybridized carbons (Fsp3) is 0.485. The van der Waals surface area contributed by atoms with Crippen molar-refractivity contribution in [2.24, 2.45) is 0 Å². The van der Waals surface area contributed by atoms with E-state index in [0.717, 1.165) is 93.2 Å². The van der Waals surface area contributed by atoms with Crippen molar-refractivity contribution in [2.45, 2.75) is 38.3 Å². The molecule has 0 saturated carbocycles. The number of nitrogens with zero attached hydrogens (tertiary/aromatic N) is 3. The van der Waals surface area contributed by atoms with Gasteiger partial charge in [-0.3, -0.25) is 9.80 Å². The summed E-state index contributed by atoms with van der Waals surface area (Å²) in [6.07, 6.45) is 2.60. The second kappa shape index (κ2) is 13.4. The second-order valence-electron chi connectivity index (χ2n) is 11.2. The lowest BCUT2D eigenvalue weighted by Gasteiger charge is -2.35. The van der Waals surface area contributed by atoms with E-state index >= 15 is 0 Å². The summed E-state index contributed by atoms with van der Waals surface area (Å²) in [5, 5.41) is 1.80. The van der Waals surface area contributed by atoms with Crippen LogP contribution in [-0.2, 0) is 15.9 Å². The van der Waals surface area contributed by atoms with Crippen molar-refractivity contribution in [2.75, 3.05) is 65.6 Å². The van der Waals surface area contributed by atoms with Gasteiger partial charge in [-0.25, -0.2) is 4.79 Å². The van der Waals surface area contributed by atoms with Crippen LogP contribution in [0.4, 0.5) is 4.79 Å². The summed E-state index contributed by atoms with van der Waals surface area (Å²) < 4.78 is 17.4. The van der Waals surface area contributed by atoms with E-state index in [9.17, 15) is 4.79 Å². The highest BCUT2D eigenvalue weighted by atomic mass is 35.5. The van der Waals surface area contributed by atoms with Crippen molar-refractivity contribution < 1.29 is 19.0 Å². The number of aromatic amines is 1. The monoisotopic (exact) mass is 590 g/mol. The van der Waals surface area contributed by atoms with Crippen LogP contribution in [0.3, 0.4) is 0 Å². The first-order valence-corrected chi connectivity index (χ1v) is 15.4. The number of carbonyl (C=O) groups excluding carboxylic acids is 1. The number of carbonyl (C=O) groups is 1. The Morgan fingerprint density at radius 1 is 1.02 bits per heavy atom. The Labute approximate surface area is 252 Å². The number of hydrogen-bond acceptors (Lipinski definition) is 6. The molecule has 3 aromatic rings. The van der Waals surface area contributed by atoms with Crippen LogP contribution in [0.15, 0.2) is 42.5 Å². The number of rotatable bonds is 7. The van der Waals surface area contributed by atoms with E-state index in [1.165, 1.54) is 5.56 Å². The van der Waals surface area contributed by atoms with E-state index in [4.69, 9.17) is 25.8 Å². The smallest absolute Gasteiger partial charge is 0.411 e. The number of aromatic nitrogens is 1. The number of likely N-dealkylation sites (tertiary alicyclic amines) is 1. The zero-order valence-corrected chi connectivity index (χ0v) is 25.0. The quantitative estimate of drug-likeness (QED) is 0.386. The number of piperidine rings is 1. The molecule has 2 saturated heterocycles. The molecule has 8 nitrogen and oxygen atoms in total. The first-order valence-electron chi connectivity index (χ1n) is 15.0. The molecule has 0 bridgehead atoms. The lowest BCUT2D eigenvalue weighted by Crippen LogP contribution is -2.44. The normalized spacial score (nSPS) is 20.1. The second-order valence-corrected chi connectivity index (χ2v) is 11.7. The summed E-state index contributed by atoms with van der Waals surface area (Å²) in [5.74, 6) is 6.46. The van der Waals surface area contributed by atoms with Gasteiger partial charge in [-0.05, 0) is 67.6 Å². The molecule has 4 heterocycles. The number of H-pyrrole nitrogens is 1. The van der Waals surface area contributed by atoms with Crippen LogP contribution in [0.1, 0.15) is 42.6 Å². The predicted octanol–water partition coefficient (Wildman–Crippen LogP) is 5.10. The largest absolute Gasteiger partial charge is 0.490 e. The Morgan fingerprint density at radius 2 is 1.76 bits per heavy atom. The Hall–Kier alpha value is -3.22. The molecule has 1 amide bonds. The van der Waals surface area contributed by atoms with Crippen LogP contribution < -0.4 is 4.74 Å². The molecular weight excluding hydrogens is 552 g/mol. The SMILES string of the molecule is CC#CCOC(=O)N1CCc2c([nH]c3ccc(Cl)cc23)[C@@H]1c1ccc(OC2CCN(CCN3CCOCC3)CC2)cc1. The third-order valence-corrected chi connectivity index (χ3v) is 8.87. The summed E-state index contributed by atoms with van der Waals surface area (Å²) in [6, 6.07) is 13.8. The molecule has 42 heavy (non-hydrogen) atoms. The maximum absolute atomic E-state index is 13.2. The molecule has 1 aromatic heterocycles. The highest BCUT2D eigenvalue weighted by Crippen LogP contribution is 2.40. The summed E-state index contributed by atoms with van der Waals surface area (Å²) in [7, 11) is 0. The van der Waals surface area contributed by atoms with Gasteiger partial charge in [0.2, 0.25) is 0 Å². The number of benzene rings is 2. The predicted molar refractivity (Wildman–Crippen MR) is 164 cm³/mol. The molecule has 2 fully saturated rings. The third-order valence-electron chi connectivity index (χ3n) is 8.64. The van der Waals surface area contributed by atoms with Gasteiger partial charge in [-0.15, -0.1) is 5.92 Å².